The number of benzene rings is 2. The highest BCUT2D eigenvalue weighted by molar-refractivity contribution is 6.31. The lowest BCUT2D eigenvalue weighted by Crippen LogP contribution is -2.54. The number of nitrogens with one attached hydrogen (secondary N) is 2. The standard InChI is InChI=1S/C22H17ClF4N2O3/c1-2-10-9-21(32,22(25,26)27)20(12-8-13(23)18(24)19(31)17(10)12)29-15-5-3-4-14-11(15)6-7-16(30)28-14/h2-8,20,29,31-32H,9H2,1H3,(H,28,30)/b10-2-/t20-,21-/m1/s1. The molecule has 2 aromatic carbocycles. The van der Waals surface area contributed by atoms with Crippen molar-refractivity contribution >= 4 is 33.8 Å². The molecule has 0 aliphatic heterocycles. The Balaban J connectivity index is 1.99. The summed E-state index contributed by atoms with van der Waals surface area (Å²) < 4.78 is 56.9. The van der Waals surface area contributed by atoms with Crippen molar-refractivity contribution in [3.63, 3.8) is 0 Å². The Hall–Kier alpha value is -3.04. The van der Waals surface area contributed by atoms with Gasteiger partial charge in [-0.1, -0.05) is 23.7 Å². The van der Waals surface area contributed by atoms with Crippen molar-refractivity contribution in [2.75, 3.05) is 5.32 Å². The second-order valence-electron chi connectivity index (χ2n) is 7.56. The van der Waals surface area contributed by atoms with Crippen molar-refractivity contribution in [2.24, 2.45) is 0 Å². The van der Waals surface area contributed by atoms with Crippen LogP contribution in [0.1, 0.15) is 30.5 Å². The molecule has 168 valence electrons. The molecule has 0 spiro atoms. The van der Waals surface area contributed by atoms with E-state index in [1.165, 1.54) is 37.3 Å². The van der Waals surface area contributed by atoms with Crippen LogP contribution in [-0.2, 0) is 0 Å². The second kappa shape index (κ2) is 7.53. The zero-order chi connectivity index (χ0) is 23.4. The van der Waals surface area contributed by atoms with Gasteiger partial charge in [0.05, 0.1) is 16.6 Å². The van der Waals surface area contributed by atoms with Crippen LogP contribution in [0.15, 0.2) is 47.3 Å². The Kier molecular flexibility index (Phi) is 5.21. The van der Waals surface area contributed by atoms with E-state index in [0.29, 0.717) is 10.9 Å². The number of allylic oxidation sites excluding steroid dienone is 1. The summed E-state index contributed by atoms with van der Waals surface area (Å²) >= 11 is 5.85. The molecule has 0 bridgehead atoms. The number of phenolic OH excluding ortho intramolecular Hbond substituents is 1. The monoisotopic (exact) mass is 468 g/mol. The number of fused-ring (bicyclic) bond motifs is 2. The van der Waals surface area contributed by atoms with E-state index >= 15 is 0 Å². The third-order valence-electron chi connectivity index (χ3n) is 5.70. The van der Waals surface area contributed by atoms with Crippen LogP contribution in [0.5, 0.6) is 5.75 Å². The van der Waals surface area contributed by atoms with Crippen LogP contribution in [0.4, 0.5) is 23.2 Å². The summed E-state index contributed by atoms with van der Waals surface area (Å²) in [6.07, 6.45) is -4.73. The summed E-state index contributed by atoms with van der Waals surface area (Å²) in [5, 5.41) is 23.8. The summed E-state index contributed by atoms with van der Waals surface area (Å²) in [5.41, 5.74) is -3.60. The number of halogens is 5. The Morgan fingerprint density at radius 1 is 1.28 bits per heavy atom. The third-order valence-corrected chi connectivity index (χ3v) is 5.97. The molecule has 1 aliphatic rings. The number of alkyl halides is 3. The maximum absolute atomic E-state index is 14.3. The fraction of sp³-hybridized carbons (Fsp3) is 0.227. The number of anilines is 1. The lowest BCUT2D eigenvalue weighted by Gasteiger charge is -2.44. The summed E-state index contributed by atoms with van der Waals surface area (Å²) in [5.74, 6) is -2.05. The highest BCUT2D eigenvalue weighted by atomic mass is 35.5. The van der Waals surface area contributed by atoms with Crippen molar-refractivity contribution in [3.8, 4) is 5.75 Å². The highest BCUT2D eigenvalue weighted by Crippen LogP contribution is 2.55. The largest absolute Gasteiger partial charge is 0.504 e. The van der Waals surface area contributed by atoms with E-state index in [4.69, 9.17) is 11.6 Å². The molecule has 0 amide bonds. The van der Waals surface area contributed by atoms with Gasteiger partial charge in [0, 0.05) is 29.1 Å². The molecule has 10 heteroatoms. The van der Waals surface area contributed by atoms with Gasteiger partial charge in [-0.3, -0.25) is 4.79 Å². The predicted octanol–water partition coefficient (Wildman–Crippen LogP) is 5.28. The van der Waals surface area contributed by atoms with Crippen LogP contribution in [-0.4, -0.2) is 27.0 Å². The number of rotatable bonds is 2. The van der Waals surface area contributed by atoms with E-state index in [-0.39, 0.29) is 22.4 Å². The Morgan fingerprint density at radius 3 is 2.66 bits per heavy atom. The zero-order valence-electron chi connectivity index (χ0n) is 16.5. The van der Waals surface area contributed by atoms with Gasteiger partial charge in [-0.15, -0.1) is 0 Å². The smallest absolute Gasteiger partial charge is 0.419 e. The molecule has 1 aliphatic carbocycles. The first-order valence-electron chi connectivity index (χ1n) is 9.52. The number of aromatic hydroxyl groups is 1. The maximum atomic E-state index is 14.3. The summed E-state index contributed by atoms with van der Waals surface area (Å²) in [6.45, 7) is 1.43. The number of aromatic amines is 1. The minimum absolute atomic E-state index is 0.0757. The van der Waals surface area contributed by atoms with Gasteiger partial charge >= 0.3 is 6.18 Å². The van der Waals surface area contributed by atoms with Gasteiger partial charge in [0.15, 0.2) is 17.2 Å². The van der Waals surface area contributed by atoms with Gasteiger partial charge in [0.1, 0.15) is 0 Å². The lowest BCUT2D eigenvalue weighted by atomic mass is 9.72. The first-order valence-corrected chi connectivity index (χ1v) is 9.90. The first kappa shape index (κ1) is 22.2. The zero-order valence-corrected chi connectivity index (χ0v) is 17.3. The van der Waals surface area contributed by atoms with Gasteiger partial charge in [0.25, 0.3) is 0 Å². The molecule has 3 aromatic rings. The molecule has 1 aromatic heterocycles. The molecule has 0 saturated carbocycles. The molecule has 4 rings (SSSR count). The minimum Gasteiger partial charge on any atom is -0.504 e. The van der Waals surface area contributed by atoms with E-state index in [2.05, 4.69) is 10.3 Å². The molecular formula is C22H17ClF4N2O3. The number of phenols is 1. The first-order chi connectivity index (χ1) is 15.0. The summed E-state index contributed by atoms with van der Waals surface area (Å²) in [7, 11) is 0. The average molecular weight is 469 g/mol. The number of H-pyrrole nitrogens is 1. The summed E-state index contributed by atoms with van der Waals surface area (Å²) in [6, 6.07) is 6.34. The van der Waals surface area contributed by atoms with Crippen LogP contribution in [0.25, 0.3) is 16.5 Å². The van der Waals surface area contributed by atoms with Crippen molar-refractivity contribution in [2.45, 2.75) is 31.2 Å². The van der Waals surface area contributed by atoms with E-state index < -0.39 is 46.4 Å². The third kappa shape index (κ3) is 3.32. The second-order valence-corrected chi connectivity index (χ2v) is 7.97. The Bertz CT molecular complexity index is 1320. The fourth-order valence-electron chi connectivity index (χ4n) is 4.11. The van der Waals surface area contributed by atoms with Gasteiger partial charge in [-0.25, -0.2) is 4.39 Å². The van der Waals surface area contributed by atoms with Crippen LogP contribution in [0, 0.1) is 5.82 Å². The number of hydrogen-bond donors (Lipinski definition) is 4. The molecule has 2 atom stereocenters. The highest BCUT2D eigenvalue weighted by Gasteiger charge is 2.62. The van der Waals surface area contributed by atoms with E-state index in [9.17, 15) is 32.6 Å². The molecule has 4 N–H and O–H groups in total. The van der Waals surface area contributed by atoms with Crippen LogP contribution in [0.3, 0.4) is 0 Å². The molecule has 32 heavy (non-hydrogen) atoms. The molecular weight excluding hydrogens is 452 g/mol. The van der Waals surface area contributed by atoms with Crippen molar-refractivity contribution in [3.05, 3.63) is 74.8 Å². The van der Waals surface area contributed by atoms with Crippen molar-refractivity contribution in [1.29, 1.82) is 0 Å². The number of hydrogen-bond acceptors (Lipinski definition) is 4. The van der Waals surface area contributed by atoms with Crippen LogP contribution >= 0.6 is 11.6 Å². The topological polar surface area (TPSA) is 85.4 Å². The fourth-order valence-corrected chi connectivity index (χ4v) is 4.32. The molecule has 5 nitrogen and oxygen atoms in total. The Morgan fingerprint density at radius 2 is 2.00 bits per heavy atom. The SMILES string of the molecule is C/C=C1/C[C@](O)(C(F)(F)F)[C@H](Nc2cccc3[nH]c(=O)ccc23)c2cc(Cl)c(F)c(O)c21. The van der Waals surface area contributed by atoms with E-state index in [1.807, 2.05) is 0 Å². The van der Waals surface area contributed by atoms with Crippen molar-refractivity contribution < 1.29 is 27.8 Å². The van der Waals surface area contributed by atoms with Gasteiger partial charge in [0.2, 0.25) is 5.56 Å². The van der Waals surface area contributed by atoms with Gasteiger partial charge < -0.3 is 20.5 Å². The maximum Gasteiger partial charge on any atom is 0.419 e. The molecule has 1 heterocycles. The molecule has 0 unspecified atom stereocenters. The number of pyridine rings is 1. The number of aliphatic hydroxyl groups is 1. The van der Waals surface area contributed by atoms with Gasteiger partial charge in [-0.2, -0.15) is 13.2 Å². The van der Waals surface area contributed by atoms with Gasteiger partial charge in [-0.05, 0) is 42.3 Å². The van der Waals surface area contributed by atoms with E-state index in [0.717, 1.165) is 6.07 Å². The molecule has 0 radical (unpaired) electrons. The van der Waals surface area contributed by atoms with Crippen LogP contribution in [0.2, 0.25) is 5.02 Å². The molecule has 0 saturated heterocycles. The minimum atomic E-state index is -5.09. The Labute approximate surface area is 184 Å². The number of aromatic nitrogens is 1. The molecule has 0 fully saturated rings. The summed E-state index contributed by atoms with van der Waals surface area (Å²) in [4.78, 5) is 14.2. The quantitative estimate of drug-likeness (QED) is 0.385. The van der Waals surface area contributed by atoms with Crippen LogP contribution < -0.4 is 10.9 Å². The average Bonchev–Trinajstić information content (AvgIpc) is 2.72. The van der Waals surface area contributed by atoms with E-state index in [1.54, 1.807) is 6.07 Å². The lowest BCUT2D eigenvalue weighted by molar-refractivity contribution is -0.265. The van der Waals surface area contributed by atoms with Crippen molar-refractivity contribution in [1.82, 2.24) is 4.98 Å². The normalized spacial score (nSPS) is 22.2. The predicted molar refractivity (Wildman–Crippen MR) is 113 cm³/mol.